The van der Waals surface area contributed by atoms with Gasteiger partial charge in [-0.25, -0.2) is 5.43 Å². The van der Waals surface area contributed by atoms with Crippen molar-refractivity contribution in [3.8, 4) is 11.5 Å². The number of nitrogens with one attached hydrogen (secondary N) is 3. The summed E-state index contributed by atoms with van der Waals surface area (Å²) in [4.78, 5) is 24.1. The highest BCUT2D eigenvalue weighted by atomic mass is 16.5. The number of carbonyl (C=O) groups is 2. The third-order valence-corrected chi connectivity index (χ3v) is 4.99. The normalized spacial score (nSPS) is 10.6. The summed E-state index contributed by atoms with van der Waals surface area (Å²) < 4.78 is 10.7. The van der Waals surface area contributed by atoms with E-state index < -0.39 is 0 Å². The molecule has 0 aromatic heterocycles. The second-order valence-electron chi connectivity index (χ2n) is 7.55. The molecule has 0 saturated carbocycles. The summed E-state index contributed by atoms with van der Waals surface area (Å²) in [6.07, 6.45) is 1.53. The number of hydrazone groups is 1. The van der Waals surface area contributed by atoms with E-state index in [1.807, 2.05) is 44.2 Å². The Morgan fingerprint density at radius 1 is 0.941 bits per heavy atom. The van der Waals surface area contributed by atoms with Crippen molar-refractivity contribution in [3.05, 3.63) is 83.4 Å². The number of methoxy groups -OCH3 is 1. The quantitative estimate of drug-likeness (QED) is 0.315. The number of benzene rings is 3. The summed E-state index contributed by atoms with van der Waals surface area (Å²) in [7, 11) is 1.54. The van der Waals surface area contributed by atoms with Crippen molar-refractivity contribution in [1.82, 2.24) is 5.43 Å². The Kier molecular flexibility index (Phi) is 8.62. The maximum Gasteiger partial charge on any atom is 0.262 e. The van der Waals surface area contributed by atoms with Crippen molar-refractivity contribution < 1.29 is 19.1 Å². The van der Waals surface area contributed by atoms with Crippen molar-refractivity contribution >= 4 is 29.4 Å². The van der Waals surface area contributed by atoms with E-state index in [2.05, 4.69) is 21.2 Å². The second kappa shape index (κ2) is 12.1. The zero-order valence-corrected chi connectivity index (χ0v) is 19.4. The summed E-state index contributed by atoms with van der Waals surface area (Å²) in [6, 6.07) is 20.1. The number of nitrogens with zero attached hydrogens (tertiary/aromatic N) is 1. The van der Waals surface area contributed by atoms with Crippen LogP contribution in [0, 0.1) is 13.8 Å². The summed E-state index contributed by atoms with van der Waals surface area (Å²) in [5, 5.41) is 9.79. The molecule has 3 aromatic carbocycles. The van der Waals surface area contributed by atoms with Crippen LogP contribution in [0.5, 0.6) is 11.5 Å². The number of rotatable bonds is 10. The second-order valence-corrected chi connectivity index (χ2v) is 7.55. The van der Waals surface area contributed by atoms with Crippen LogP contribution >= 0.6 is 0 Å². The van der Waals surface area contributed by atoms with Gasteiger partial charge in [-0.15, -0.1) is 0 Å². The molecule has 0 aliphatic rings. The molecule has 0 bridgehead atoms. The fraction of sp³-hybridized carbons (Fsp3) is 0.192. The Balaban J connectivity index is 1.41. The number of hydrogen-bond donors (Lipinski definition) is 3. The molecule has 0 aliphatic carbocycles. The molecule has 3 rings (SSSR count). The standard InChI is InChI=1S/C26H28N4O4/c1-18-8-11-21(14-19(18)2)27-16-25(31)30-28-15-20-9-12-22(13-10-20)34-17-26(32)29-23-6-4-5-7-24(23)33-3/h4-15,27H,16-17H2,1-3H3,(H,29,32)(H,30,31)/b28-15-. The molecule has 2 amide bonds. The van der Waals surface area contributed by atoms with Gasteiger partial charge in [0.15, 0.2) is 6.61 Å². The first kappa shape index (κ1) is 24.3. The number of carbonyl (C=O) groups excluding carboxylic acids is 2. The van der Waals surface area contributed by atoms with Crippen LogP contribution in [-0.2, 0) is 9.59 Å². The first-order valence-electron chi connectivity index (χ1n) is 10.7. The van der Waals surface area contributed by atoms with Crippen LogP contribution in [0.4, 0.5) is 11.4 Å². The van der Waals surface area contributed by atoms with Crippen molar-refractivity contribution in [3.63, 3.8) is 0 Å². The lowest BCUT2D eigenvalue weighted by Crippen LogP contribution is -2.25. The number of amides is 2. The van der Waals surface area contributed by atoms with Gasteiger partial charge in [0.05, 0.1) is 25.6 Å². The first-order valence-corrected chi connectivity index (χ1v) is 10.7. The lowest BCUT2D eigenvalue weighted by atomic mass is 10.1. The van der Waals surface area contributed by atoms with Gasteiger partial charge in [-0.1, -0.05) is 18.2 Å². The van der Waals surface area contributed by atoms with Crippen molar-refractivity contribution in [2.45, 2.75) is 13.8 Å². The highest BCUT2D eigenvalue weighted by Crippen LogP contribution is 2.23. The van der Waals surface area contributed by atoms with E-state index in [-0.39, 0.29) is 25.0 Å². The average molecular weight is 461 g/mol. The van der Waals surface area contributed by atoms with Gasteiger partial charge in [-0.05, 0) is 79.1 Å². The Morgan fingerprint density at radius 2 is 1.71 bits per heavy atom. The van der Waals surface area contributed by atoms with Gasteiger partial charge in [-0.3, -0.25) is 9.59 Å². The number of anilines is 2. The maximum atomic E-state index is 12.1. The van der Waals surface area contributed by atoms with E-state index in [1.54, 1.807) is 43.5 Å². The molecule has 0 aliphatic heterocycles. The van der Waals surface area contributed by atoms with Crippen LogP contribution in [0.15, 0.2) is 71.8 Å². The van der Waals surface area contributed by atoms with Crippen LogP contribution in [0.3, 0.4) is 0 Å². The summed E-state index contributed by atoms with van der Waals surface area (Å²) >= 11 is 0. The Bertz CT molecular complexity index is 1160. The largest absolute Gasteiger partial charge is 0.495 e. The molecule has 0 radical (unpaired) electrons. The molecule has 8 nitrogen and oxygen atoms in total. The fourth-order valence-electron chi connectivity index (χ4n) is 2.99. The highest BCUT2D eigenvalue weighted by molar-refractivity contribution is 5.93. The van der Waals surface area contributed by atoms with Crippen LogP contribution in [0.2, 0.25) is 0 Å². The highest BCUT2D eigenvalue weighted by Gasteiger charge is 2.08. The molecule has 0 unspecified atom stereocenters. The average Bonchev–Trinajstić information content (AvgIpc) is 2.84. The van der Waals surface area contributed by atoms with Gasteiger partial charge in [0, 0.05) is 5.69 Å². The van der Waals surface area contributed by atoms with Gasteiger partial charge in [0.25, 0.3) is 11.8 Å². The predicted molar refractivity (Wildman–Crippen MR) is 134 cm³/mol. The number of ether oxygens (including phenoxy) is 2. The minimum absolute atomic E-state index is 0.115. The van der Waals surface area contributed by atoms with Gasteiger partial charge in [0.2, 0.25) is 0 Å². The fourth-order valence-corrected chi connectivity index (χ4v) is 2.99. The summed E-state index contributed by atoms with van der Waals surface area (Å²) in [6.45, 7) is 4.04. The molecule has 3 N–H and O–H groups in total. The SMILES string of the molecule is COc1ccccc1NC(=O)COc1ccc(/C=N\NC(=O)CNc2ccc(C)c(C)c2)cc1. The third kappa shape index (κ3) is 7.37. The molecule has 0 spiro atoms. The van der Waals surface area contributed by atoms with Crippen LogP contribution in [0.1, 0.15) is 16.7 Å². The summed E-state index contributed by atoms with van der Waals surface area (Å²) in [5.74, 6) is 0.560. The monoisotopic (exact) mass is 460 g/mol. The molecule has 34 heavy (non-hydrogen) atoms. The molecule has 0 fully saturated rings. The Labute approximate surface area is 199 Å². The van der Waals surface area contributed by atoms with E-state index >= 15 is 0 Å². The molecular formula is C26H28N4O4. The van der Waals surface area contributed by atoms with E-state index in [9.17, 15) is 9.59 Å². The van der Waals surface area contributed by atoms with E-state index in [4.69, 9.17) is 9.47 Å². The van der Waals surface area contributed by atoms with Crippen molar-refractivity contribution in [2.75, 3.05) is 30.9 Å². The molecule has 3 aromatic rings. The van der Waals surface area contributed by atoms with E-state index in [0.29, 0.717) is 17.2 Å². The smallest absolute Gasteiger partial charge is 0.262 e. The van der Waals surface area contributed by atoms with Crippen LogP contribution in [0.25, 0.3) is 0 Å². The lowest BCUT2D eigenvalue weighted by Gasteiger charge is -2.10. The minimum Gasteiger partial charge on any atom is -0.495 e. The van der Waals surface area contributed by atoms with Crippen molar-refractivity contribution in [2.24, 2.45) is 5.10 Å². The maximum absolute atomic E-state index is 12.1. The molecule has 0 saturated heterocycles. The topological polar surface area (TPSA) is 101 Å². The zero-order valence-electron chi connectivity index (χ0n) is 19.4. The van der Waals surface area contributed by atoms with Gasteiger partial charge < -0.3 is 20.1 Å². The Morgan fingerprint density at radius 3 is 2.44 bits per heavy atom. The summed E-state index contributed by atoms with van der Waals surface area (Å²) in [5.41, 5.74) is 7.08. The minimum atomic E-state index is -0.299. The number of aryl methyl sites for hydroxylation is 2. The molecule has 0 atom stereocenters. The third-order valence-electron chi connectivity index (χ3n) is 4.99. The molecule has 176 valence electrons. The van der Waals surface area contributed by atoms with Crippen LogP contribution in [-0.4, -0.2) is 38.3 Å². The lowest BCUT2D eigenvalue weighted by molar-refractivity contribution is -0.119. The molecule has 8 heteroatoms. The zero-order chi connectivity index (χ0) is 24.3. The number of hydrogen-bond acceptors (Lipinski definition) is 6. The van der Waals surface area contributed by atoms with Crippen molar-refractivity contribution in [1.29, 1.82) is 0 Å². The van der Waals surface area contributed by atoms with Crippen LogP contribution < -0.4 is 25.5 Å². The van der Waals surface area contributed by atoms with Gasteiger partial charge >= 0.3 is 0 Å². The molecule has 0 heterocycles. The first-order chi connectivity index (χ1) is 16.4. The molecular weight excluding hydrogens is 432 g/mol. The van der Waals surface area contributed by atoms with E-state index in [0.717, 1.165) is 16.8 Å². The predicted octanol–water partition coefficient (Wildman–Crippen LogP) is 3.89. The number of para-hydroxylation sites is 2. The van der Waals surface area contributed by atoms with E-state index in [1.165, 1.54) is 11.8 Å². The van der Waals surface area contributed by atoms with Gasteiger partial charge in [-0.2, -0.15) is 5.10 Å². The van der Waals surface area contributed by atoms with Gasteiger partial charge in [0.1, 0.15) is 11.5 Å². The Hall–Kier alpha value is -4.33.